The average molecular weight is 245 g/mol. The zero-order chi connectivity index (χ0) is 13.1. The van der Waals surface area contributed by atoms with Gasteiger partial charge in [-0.2, -0.15) is 0 Å². The first-order valence-corrected chi connectivity index (χ1v) is 5.52. The number of anilines is 1. The molecule has 1 aromatic heterocycles. The Morgan fingerprint density at radius 1 is 1.00 bits per heavy atom. The van der Waals surface area contributed by atoms with Gasteiger partial charge in [0.15, 0.2) is 11.5 Å². The van der Waals surface area contributed by atoms with Crippen LogP contribution in [0.25, 0.3) is 0 Å². The van der Waals surface area contributed by atoms with Crippen LogP contribution in [0.3, 0.4) is 0 Å². The van der Waals surface area contributed by atoms with Crippen LogP contribution < -0.4 is 15.2 Å². The van der Waals surface area contributed by atoms with Crippen molar-refractivity contribution in [3.05, 3.63) is 35.7 Å². The van der Waals surface area contributed by atoms with Crippen molar-refractivity contribution in [1.29, 1.82) is 0 Å². The van der Waals surface area contributed by atoms with Crippen molar-refractivity contribution in [2.24, 2.45) is 0 Å². The van der Waals surface area contributed by atoms with Crippen LogP contribution in [-0.2, 0) is 0 Å². The van der Waals surface area contributed by atoms with E-state index in [9.17, 15) is 0 Å². The number of aromatic nitrogens is 2. The number of methoxy groups -OCH3 is 1. The fourth-order valence-electron chi connectivity index (χ4n) is 1.61. The Bertz CT molecular complexity index is 550. The van der Waals surface area contributed by atoms with Gasteiger partial charge in [0.05, 0.1) is 7.11 Å². The summed E-state index contributed by atoms with van der Waals surface area (Å²) in [6.45, 7) is 3.77. The molecule has 5 nitrogen and oxygen atoms in total. The highest BCUT2D eigenvalue weighted by Gasteiger charge is 2.08. The number of hydrogen-bond donors (Lipinski definition) is 1. The van der Waals surface area contributed by atoms with Crippen LogP contribution in [0.4, 0.5) is 5.69 Å². The van der Waals surface area contributed by atoms with E-state index in [-0.39, 0.29) is 6.01 Å². The Morgan fingerprint density at radius 2 is 1.67 bits per heavy atom. The van der Waals surface area contributed by atoms with Crippen molar-refractivity contribution in [1.82, 2.24) is 9.97 Å². The highest BCUT2D eigenvalue weighted by atomic mass is 16.5. The molecule has 0 aliphatic carbocycles. The Kier molecular flexibility index (Phi) is 3.32. The first-order chi connectivity index (χ1) is 8.58. The van der Waals surface area contributed by atoms with Crippen molar-refractivity contribution >= 4 is 5.69 Å². The second kappa shape index (κ2) is 4.91. The molecule has 0 radical (unpaired) electrons. The third kappa shape index (κ3) is 2.68. The number of aryl methyl sites for hydroxylation is 2. The summed E-state index contributed by atoms with van der Waals surface area (Å²) in [6.07, 6.45) is 0. The van der Waals surface area contributed by atoms with Crippen LogP contribution in [0.5, 0.6) is 17.5 Å². The lowest BCUT2D eigenvalue weighted by molar-refractivity contribution is 0.367. The molecular weight excluding hydrogens is 230 g/mol. The molecule has 0 atom stereocenters. The minimum atomic E-state index is 0.288. The van der Waals surface area contributed by atoms with Gasteiger partial charge in [0.25, 0.3) is 0 Å². The third-order valence-electron chi connectivity index (χ3n) is 2.35. The Labute approximate surface area is 106 Å². The zero-order valence-electron chi connectivity index (χ0n) is 10.6. The molecule has 5 heteroatoms. The summed E-state index contributed by atoms with van der Waals surface area (Å²) >= 11 is 0. The van der Waals surface area contributed by atoms with Crippen LogP contribution in [0, 0.1) is 13.8 Å². The fraction of sp³-hybridized carbons (Fsp3) is 0.231. The summed E-state index contributed by atoms with van der Waals surface area (Å²) in [5.41, 5.74) is 8.01. The molecule has 94 valence electrons. The minimum absolute atomic E-state index is 0.288. The van der Waals surface area contributed by atoms with Gasteiger partial charge in [-0.05, 0) is 32.0 Å². The molecule has 0 amide bonds. The van der Waals surface area contributed by atoms with Crippen LogP contribution in [0.15, 0.2) is 24.3 Å². The fourth-order valence-corrected chi connectivity index (χ4v) is 1.61. The summed E-state index contributed by atoms with van der Waals surface area (Å²) in [5, 5.41) is 0. The van der Waals surface area contributed by atoms with E-state index in [1.165, 1.54) is 0 Å². The maximum atomic E-state index is 5.72. The maximum absolute atomic E-state index is 5.72. The molecule has 0 bridgehead atoms. The lowest BCUT2D eigenvalue weighted by Crippen LogP contribution is -1.98. The third-order valence-corrected chi connectivity index (χ3v) is 2.35. The first-order valence-electron chi connectivity index (χ1n) is 5.52. The number of rotatable bonds is 3. The van der Waals surface area contributed by atoms with Gasteiger partial charge in [-0.15, -0.1) is 0 Å². The van der Waals surface area contributed by atoms with Gasteiger partial charge >= 0.3 is 6.01 Å². The summed E-state index contributed by atoms with van der Waals surface area (Å²) in [7, 11) is 1.57. The van der Waals surface area contributed by atoms with Crippen LogP contribution in [-0.4, -0.2) is 17.1 Å². The zero-order valence-corrected chi connectivity index (χ0v) is 10.6. The van der Waals surface area contributed by atoms with Gasteiger partial charge in [0.2, 0.25) is 0 Å². The first kappa shape index (κ1) is 12.2. The summed E-state index contributed by atoms with van der Waals surface area (Å²) in [6, 6.07) is 7.33. The van der Waals surface area contributed by atoms with Gasteiger partial charge in [-0.3, -0.25) is 0 Å². The molecule has 0 aliphatic heterocycles. The van der Waals surface area contributed by atoms with Crippen molar-refractivity contribution in [3.63, 3.8) is 0 Å². The van der Waals surface area contributed by atoms with Gasteiger partial charge in [0, 0.05) is 23.1 Å². The monoisotopic (exact) mass is 245 g/mol. The molecule has 2 rings (SSSR count). The number of nitrogen functional groups attached to an aromatic ring is 1. The topological polar surface area (TPSA) is 70.3 Å². The minimum Gasteiger partial charge on any atom is -0.493 e. The molecular formula is C13H15N3O2. The molecule has 1 heterocycles. The van der Waals surface area contributed by atoms with Gasteiger partial charge in [-0.25, -0.2) is 9.97 Å². The van der Waals surface area contributed by atoms with Crippen LogP contribution in [0.2, 0.25) is 0 Å². The largest absolute Gasteiger partial charge is 0.493 e. The molecule has 18 heavy (non-hydrogen) atoms. The lowest BCUT2D eigenvalue weighted by atomic mass is 10.3. The van der Waals surface area contributed by atoms with E-state index in [4.69, 9.17) is 15.2 Å². The van der Waals surface area contributed by atoms with Crippen molar-refractivity contribution in [3.8, 4) is 17.5 Å². The summed E-state index contributed by atoms with van der Waals surface area (Å²) in [5.74, 6) is 1.09. The maximum Gasteiger partial charge on any atom is 0.322 e. The standard InChI is InChI=1S/C13H15N3O2/c1-8-6-9(2)16-13(15-8)18-12-7-10(14)4-5-11(12)17-3/h4-7H,14H2,1-3H3. The quantitative estimate of drug-likeness (QED) is 0.841. The summed E-state index contributed by atoms with van der Waals surface area (Å²) < 4.78 is 10.8. The molecule has 0 saturated heterocycles. The molecule has 0 saturated carbocycles. The van der Waals surface area contributed by atoms with E-state index in [0.717, 1.165) is 11.4 Å². The lowest BCUT2D eigenvalue weighted by Gasteiger charge is -2.10. The highest BCUT2D eigenvalue weighted by molar-refractivity contribution is 5.52. The molecule has 2 N–H and O–H groups in total. The van der Waals surface area contributed by atoms with Crippen molar-refractivity contribution in [2.75, 3.05) is 12.8 Å². The van der Waals surface area contributed by atoms with Gasteiger partial charge < -0.3 is 15.2 Å². The van der Waals surface area contributed by atoms with E-state index >= 15 is 0 Å². The predicted octanol–water partition coefficient (Wildman–Crippen LogP) is 2.48. The molecule has 1 aromatic carbocycles. The Hall–Kier alpha value is -2.30. The second-order valence-corrected chi connectivity index (χ2v) is 3.95. The van der Waals surface area contributed by atoms with Gasteiger partial charge in [-0.1, -0.05) is 0 Å². The normalized spacial score (nSPS) is 10.2. The smallest absolute Gasteiger partial charge is 0.322 e. The highest BCUT2D eigenvalue weighted by Crippen LogP contribution is 2.31. The van der Waals surface area contributed by atoms with E-state index in [1.54, 1.807) is 25.3 Å². The van der Waals surface area contributed by atoms with Crippen molar-refractivity contribution in [2.45, 2.75) is 13.8 Å². The average Bonchev–Trinajstić information content (AvgIpc) is 2.27. The SMILES string of the molecule is COc1ccc(N)cc1Oc1nc(C)cc(C)n1. The van der Waals surface area contributed by atoms with E-state index in [0.29, 0.717) is 17.2 Å². The van der Waals surface area contributed by atoms with E-state index < -0.39 is 0 Å². The number of hydrogen-bond acceptors (Lipinski definition) is 5. The van der Waals surface area contributed by atoms with Crippen molar-refractivity contribution < 1.29 is 9.47 Å². The predicted molar refractivity (Wildman–Crippen MR) is 69.0 cm³/mol. The number of nitrogens with zero attached hydrogens (tertiary/aromatic N) is 2. The molecule has 0 unspecified atom stereocenters. The van der Waals surface area contributed by atoms with Crippen LogP contribution >= 0.6 is 0 Å². The van der Waals surface area contributed by atoms with Gasteiger partial charge in [0.1, 0.15) is 0 Å². The molecule has 0 spiro atoms. The molecule has 2 aromatic rings. The molecule has 0 fully saturated rings. The molecule has 0 aliphatic rings. The number of ether oxygens (including phenoxy) is 2. The van der Waals surface area contributed by atoms with E-state index in [1.807, 2.05) is 19.9 Å². The summed E-state index contributed by atoms with van der Waals surface area (Å²) in [4.78, 5) is 8.41. The Balaban J connectivity index is 2.35. The van der Waals surface area contributed by atoms with E-state index in [2.05, 4.69) is 9.97 Å². The number of nitrogens with two attached hydrogens (primary N) is 1. The number of benzene rings is 1. The van der Waals surface area contributed by atoms with Crippen LogP contribution in [0.1, 0.15) is 11.4 Å². The Morgan fingerprint density at radius 3 is 2.28 bits per heavy atom. The second-order valence-electron chi connectivity index (χ2n) is 3.95.